The molecule has 0 aliphatic heterocycles. The highest BCUT2D eigenvalue weighted by molar-refractivity contribution is 5.09. The summed E-state index contributed by atoms with van der Waals surface area (Å²) < 4.78 is 0. The maximum Gasteiger partial charge on any atom is 0.119 e. The van der Waals surface area contributed by atoms with Crippen molar-refractivity contribution in [1.82, 2.24) is 0 Å². The van der Waals surface area contributed by atoms with Gasteiger partial charge in [-0.15, -0.1) is 5.92 Å². The lowest BCUT2D eigenvalue weighted by molar-refractivity contribution is 0.143. The van der Waals surface area contributed by atoms with Gasteiger partial charge in [0.25, 0.3) is 0 Å². The van der Waals surface area contributed by atoms with Gasteiger partial charge in [0.2, 0.25) is 0 Å². The molecule has 0 radical (unpaired) electrons. The van der Waals surface area contributed by atoms with E-state index in [1.165, 1.54) is 0 Å². The molecule has 0 aliphatic carbocycles. The zero-order chi connectivity index (χ0) is 8.74. The second-order valence-corrected chi connectivity index (χ2v) is 3.04. The maximum atomic E-state index is 9.15. The van der Waals surface area contributed by atoms with E-state index in [-0.39, 0.29) is 6.61 Å². The van der Waals surface area contributed by atoms with Crippen molar-refractivity contribution in [1.29, 1.82) is 0 Å². The molecule has 0 heterocycles. The third-order valence-corrected chi connectivity index (χ3v) is 1.10. The largest absolute Gasteiger partial charge is 0.396 e. The molecule has 0 fully saturated rings. The SMILES string of the molecule is CC(C)(O)C#CCCCCO. The molecule has 2 N–H and O–H groups in total. The molecule has 0 aromatic carbocycles. The van der Waals surface area contributed by atoms with Crippen molar-refractivity contribution in [2.75, 3.05) is 6.61 Å². The van der Waals surface area contributed by atoms with Crippen LogP contribution in [0.4, 0.5) is 0 Å². The first-order valence-electron chi connectivity index (χ1n) is 3.89. The van der Waals surface area contributed by atoms with Crippen LogP contribution in [0, 0.1) is 11.8 Å². The molecule has 0 spiro atoms. The van der Waals surface area contributed by atoms with Gasteiger partial charge < -0.3 is 10.2 Å². The third kappa shape index (κ3) is 9.48. The molecule has 11 heavy (non-hydrogen) atoms. The van der Waals surface area contributed by atoms with E-state index >= 15 is 0 Å². The van der Waals surface area contributed by atoms with E-state index in [9.17, 15) is 0 Å². The first-order chi connectivity index (χ1) is 5.06. The molecule has 0 aliphatic rings. The Balaban J connectivity index is 3.41. The minimum absolute atomic E-state index is 0.226. The van der Waals surface area contributed by atoms with Gasteiger partial charge in [-0.25, -0.2) is 0 Å². The summed E-state index contributed by atoms with van der Waals surface area (Å²) in [5.74, 6) is 5.55. The molecule has 0 rings (SSSR count). The molecule has 0 saturated carbocycles. The molecule has 2 nitrogen and oxygen atoms in total. The lowest BCUT2D eigenvalue weighted by Gasteiger charge is -2.05. The molecular formula is C9H16O2. The summed E-state index contributed by atoms with van der Waals surface area (Å²) in [4.78, 5) is 0. The number of aliphatic hydroxyl groups excluding tert-OH is 1. The van der Waals surface area contributed by atoms with Gasteiger partial charge in [-0.1, -0.05) is 5.92 Å². The predicted octanol–water partition coefficient (Wildman–Crippen LogP) is 0.923. The van der Waals surface area contributed by atoms with Crippen LogP contribution in [0.15, 0.2) is 0 Å². The quantitative estimate of drug-likeness (QED) is 0.471. The van der Waals surface area contributed by atoms with Crippen molar-refractivity contribution in [2.24, 2.45) is 0 Å². The van der Waals surface area contributed by atoms with Crippen molar-refractivity contribution in [2.45, 2.75) is 38.7 Å². The standard InChI is InChI=1S/C9H16O2/c1-9(2,11)7-5-3-4-6-8-10/h10-11H,3-4,6,8H2,1-2H3. The monoisotopic (exact) mass is 156 g/mol. The Kier molecular flexibility index (Phi) is 4.93. The molecule has 0 aromatic rings. The van der Waals surface area contributed by atoms with Crippen LogP contribution >= 0.6 is 0 Å². The van der Waals surface area contributed by atoms with Crippen molar-refractivity contribution >= 4 is 0 Å². The summed E-state index contributed by atoms with van der Waals surface area (Å²) in [7, 11) is 0. The van der Waals surface area contributed by atoms with Gasteiger partial charge in [0, 0.05) is 13.0 Å². The number of hydrogen-bond acceptors (Lipinski definition) is 2. The zero-order valence-corrected chi connectivity index (χ0v) is 7.22. The van der Waals surface area contributed by atoms with Crippen LogP contribution < -0.4 is 0 Å². The van der Waals surface area contributed by atoms with E-state index in [1.807, 2.05) is 0 Å². The summed E-state index contributed by atoms with van der Waals surface area (Å²) in [6, 6.07) is 0. The highest BCUT2D eigenvalue weighted by atomic mass is 16.3. The van der Waals surface area contributed by atoms with Crippen LogP contribution in [0.3, 0.4) is 0 Å². The van der Waals surface area contributed by atoms with E-state index < -0.39 is 5.60 Å². The molecule has 2 heteroatoms. The third-order valence-electron chi connectivity index (χ3n) is 1.10. The fourth-order valence-corrected chi connectivity index (χ4v) is 0.604. The first kappa shape index (κ1) is 10.5. The Morgan fingerprint density at radius 1 is 1.27 bits per heavy atom. The second kappa shape index (κ2) is 5.17. The minimum Gasteiger partial charge on any atom is -0.396 e. The van der Waals surface area contributed by atoms with Crippen LogP contribution in [-0.2, 0) is 0 Å². The topological polar surface area (TPSA) is 40.5 Å². The lowest BCUT2D eigenvalue weighted by Crippen LogP contribution is -2.14. The molecule has 0 atom stereocenters. The predicted molar refractivity (Wildman–Crippen MR) is 45.0 cm³/mol. The minimum atomic E-state index is -0.876. The smallest absolute Gasteiger partial charge is 0.119 e. The summed E-state index contributed by atoms with van der Waals surface area (Å²) >= 11 is 0. The Hall–Kier alpha value is -0.520. The average molecular weight is 156 g/mol. The van der Waals surface area contributed by atoms with E-state index in [1.54, 1.807) is 13.8 Å². The summed E-state index contributed by atoms with van der Waals surface area (Å²) in [6.07, 6.45) is 2.45. The van der Waals surface area contributed by atoms with Crippen molar-refractivity contribution in [3.05, 3.63) is 0 Å². The van der Waals surface area contributed by atoms with Gasteiger partial charge >= 0.3 is 0 Å². The van der Waals surface area contributed by atoms with Gasteiger partial charge in [-0.2, -0.15) is 0 Å². The zero-order valence-electron chi connectivity index (χ0n) is 7.22. The normalized spacial score (nSPS) is 10.5. The highest BCUT2D eigenvalue weighted by Crippen LogP contribution is 1.98. The molecule has 64 valence electrons. The van der Waals surface area contributed by atoms with Crippen molar-refractivity contribution in [3.63, 3.8) is 0 Å². The van der Waals surface area contributed by atoms with Gasteiger partial charge in [-0.05, 0) is 26.7 Å². The summed E-state index contributed by atoms with van der Waals surface area (Å²) in [6.45, 7) is 3.54. The van der Waals surface area contributed by atoms with Crippen LogP contribution in [0.1, 0.15) is 33.1 Å². The van der Waals surface area contributed by atoms with Gasteiger partial charge in [0.15, 0.2) is 0 Å². The lowest BCUT2D eigenvalue weighted by atomic mass is 10.1. The molecule has 0 bridgehead atoms. The fourth-order valence-electron chi connectivity index (χ4n) is 0.604. The van der Waals surface area contributed by atoms with E-state index in [4.69, 9.17) is 10.2 Å². The molecule has 0 saturated heterocycles. The number of rotatable bonds is 3. The van der Waals surface area contributed by atoms with Crippen LogP contribution in [-0.4, -0.2) is 22.4 Å². The van der Waals surface area contributed by atoms with Crippen molar-refractivity contribution < 1.29 is 10.2 Å². The number of aliphatic hydroxyl groups is 2. The van der Waals surface area contributed by atoms with Crippen LogP contribution in [0.2, 0.25) is 0 Å². The Morgan fingerprint density at radius 3 is 2.36 bits per heavy atom. The van der Waals surface area contributed by atoms with Gasteiger partial charge in [0.1, 0.15) is 5.60 Å². The number of unbranched alkanes of at least 4 members (excludes halogenated alkanes) is 2. The molecule has 0 unspecified atom stereocenters. The Labute approximate surface area is 68.2 Å². The maximum absolute atomic E-state index is 9.15. The van der Waals surface area contributed by atoms with Gasteiger partial charge in [0.05, 0.1) is 0 Å². The number of hydrogen-bond donors (Lipinski definition) is 2. The molecule has 0 aromatic heterocycles. The van der Waals surface area contributed by atoms with Crippen LogP contribution in [0.25, 0.3) is 0 Å². The Morgan fingerprint density at radius 2 is 1.91 bits per heavy atom. The van der Waals surface area contributed by atoms with Crippen LogP contribution in [0.5, 0.6) is 0 Å². The van der Waals surface area contributed by atoms with E-state index in [0.717, 1.165) is 19.3 Å². The average Bonchev–Trinajstić information content (AvgIpc) is 1.85. The fraction of sp³-hybridized carbons (Fsp3) is 0.778. The van der Waals surface area contributed by atoms with Crippen molar-refractivity contribution in [3.8, 4) is 11.8 Å². The summed E-state index contributed by atoms with van der Waals surface area (Å²) in [5, 5.41) is 17.6. The first-order valence-corrected chi connectivity index (χ1v) is 3.89. The highest BCUT2D eigenvalue weighted by Gasteiger charge is 2.04. The molecular weight excluding hydrogens is 140 g/mol. The molecule has 0 amide bonds. The van der Waals surface area contributed by atoms with E-state index in [2.05, 4.69) is 11.8 Å². The Bertz CT molecular complexity index is 145. The van der Waals surface area contributed by atoms with E-state index in [0.29, 0.717) is 0 Å². The van der Waals surface area contributed by atoms with Gasteiger partial charge in [-0.3, -0.25) is 0 Å². The second-order valence-electron chi connectivity index (χ2n) is 3.04. The summed E-state index contributed by atoms with van der Waals surface area (Å²) in [5.41, 5.74) is -0.876.